The third kappa shape index (κ3) is 3.75. The van der Waals surface area contributed by atoms with E-state index in [4.69, 9.17) is 14.7 Å². The summed E-state index contributed by atoms with van der Waals surface area (Å²) in [5, 5.41) is 8.33. The number of anilines is 1. The van der Waals surface area contributed by atoms with E-state index in [0.29, 0.717) is 0 Å². The molecule has 2 aliphatic rings. The minimum Gasteiger partial charge on any atom is -0.378 e. The Hall–Kier alpha value is -2.59. The number of fused-ring (bicyclic) bond motifs is 2. The molecular formula is C23H27N7OS. The van der Waals surface area contributed by atoms with Crippen molar-refractivity contribution in [2.75, 3.05) is 64.4 Å². The highest BCUT2D eigenvalue weighted by molar-refractivity contribution is 7.19. The average molecular weight is 450 g/mol. The van der Waals surface area contributed by atoms with Gasteiger partial charge in [-0.1, -0.05) is 12.1 Å². The van der Waals surface area contributed by atoms with Crippen LogP contribution in [0.5, 0.6) is 0 Å². The summed E-state index contributed by atoms with van der Waals surface area (Å²) in [7, 11) is 2.20. The predicted octanol–water partition coefficient (Wildman–Crippen LogP) is 2.82. The Balaban J connectivity index is 1.43. The van der Waals surface area contributed by atoms with Gasteiger partial charge < -0.3 is 14.5 Å². The van der Waals surface area contributed by atoms with E-state index in [2.05, 4.69) is 44.1 Å². The molecule has 0 unspecified atom stereocenters. The van der Waals surface area contributed by atoms with Crippen LogP contribution >= 0.6 is 11.3 Å². The van der Waals surface area contributed by atoms with Gasteiger partial charge in [0, 0.05) is 61.6 Å². The number of hydrogen-bond donors (Lipinski definition) is 1. The molecule has 1 aromatic carbocycles. The van der Waals surface area contributed by atoms with E-state index in [9.17, 15) is 0 Å². The normalized spacial score (nSPS) is 18.7. The van der Waals surface area contributed by atoms with Crippen molar-refractivity contribution >= 4 is 38.3 Å². The van der Waals surface area contributed by atoms with E-state index in [1.807, 2.05) is 29.7 Å². The second kappa shape index (κ2) is 8.40. The molecule has 32 heavy (non-hydrogen) atoms. The fourth-order valence-electron chi connectivity index (χ4n) is 4.54. The van der Waals surface area contributed by atoms with Gasteiger partial charge in [-0.3, -0.25) is 10.00 Å². The lowest BCUT2D eigenvalue weighted by Gasteiger charge is -2.31. The Labute approximate surface area is 190 Å². The van der Waals surface area contributed by atoms with Crippen LogP contribution < -0.4 is 4.90 Å². The maximum atomic E-state index is 5.61. The highest BCUT2D eigenvalue weighted by Crippen LogP contribution is 2.36. The highest BCUT2D eigenvalue weighted by atomic mass is 32.1. The fourth-order valence-corrected chi connectivity index (χ4v) is 5.70. The number of aromatic nitrogens is 4. The molecule has 2 fully saturated rings. The third-order valence-electron chi connectivity index (χ3n) is 6.42. The third-order valence-corrected chi connectivity index (χ3v) is 7.52. The highest BCUT2D eigenvalue weighted by Gasteiger charge is 2.22. The summed E-state index contributed by atoms with van der Waals surface area (Å²) >= 11 is 1.84. The molecule has 166 valence electrons. The largest absolute Gasteiger partial charge is 0.378 e. The minimum absolute atomic E-state index is 0.734. The van der Waals surface area contributed by atoms with Crippen molar-refractivity contribution in [2.45, 2.75) is 6.54 Å². The second-order valence-corrected chi connectivity index (χ2v) is 9.75. The van der Waals surface area contributed by atoms with Gasteiger partial charge in [-0.2, -0.15) is 5.10 Å². The standard InChI is InChI=1S/C23H27N7OS/c1-28-5-7-29(8-6-28)15-16-13-20-21(32-16)23(30-9-11-31-12-10-30)26-22(25-20)17-3-2-4-19-18(17)14-24-27-19/h2-4,13-14H,5-12,15H2,1H3,(H,24,27). The molecule has 2 saturated heterocycles. The van der Waals surface area contributed by atoms with Gasteiger partial charge in [0.2, 0.25) is 0 Å². The Morgan fingerprint density at radius 2 is 1.91 bits per heavy atom. The first-order chi connectivity index (χ1) is 15.7. The number of benzene rings is 1. The van der Waals surface area contributed by atoms with Crippen LogP contribution in [0.3, 0.4) is 0 Å². The molecule has 5 heterocycles. The SMILES string of the molecule is CN1CCN(Cc2cc3nc(-c4cccc5[nH]ncc45)nc(N4CCOCC4)c3s2)CC1. The van der Waals surface area contributed by atoms with Gasteiger partial charge in [-0.25, -0.2) is 9.97 Å². The predicted molar refractivity (Wildman–Crippen MR) is 128 cm³/mol. The monoisotopic (exact) mass is 449 g/mol. The summed E-state index contributed by atoms with van der Waals surface area (Å²) < 4.78 is 6.78. The van der Waals surface area contributed by atoms with Gasteiger partial charge in [0.05, 0.1) is 35.1 Å². The minimum atomic E-state index is 0.734. The summed E-state index contributed by atoms with van der Waals surface area (Å²) in [6.45, 7) is 8.63. The molecule has 0 atom stereocenters. The lowest BCUT2D eigenvalue weighted by atomic mass is 10.1. The molecule has 0 saturated carbocycles. The average Bonchev–Trinajstić information content (AvgIpc) is 3.47. The number of nitrogens with one attached hydrogen (secondary N) is 1. The van der Waals surface area contributed by atoms with Crippen molar-refractivity contribution in [3.8, 4) is 11.4 Å². The van der Waals surface area contributed by atoms with Crippen molar-refractivity contribution in [3.05, 3.63) is 35.3 Å². The van der Waals surface area contributed by atoms with E-state index in [1.54, 1.807) is 0 Å². The fraction of sp³-hybridized carbons (Fsp3) is 0.435. The van der Waals surface area contributed by atoms with Crippen molar-refractivity contribution in [1.29, 1.82) is 0 Å². The Bertz CT molecular complexity index is 1240. The van der Waals surface area contributed by atoms with Crippen LogP contribution in [0, 0.1) is 0 Å². The first kappa shape index (κ1) is 20.0. The zero-order chi connectivity index (χ0) is 21.5. The van der Waals surface area contributed by atoms with Gasteiger partial charge in [0.25, 0.3) is 0 Å². The van der Waals surface area contributed by atoms with Crippen LogP contribution in [0.25, 0.3) is 32.5 Å². The number of ether oxygens (including phenoxy) is 1. The number of piperazine rings is 1. The number of likely N-dealkylation sites (N-methyl/N-ethyl adjacent to an activating group) is 1. The molecule has 9 heteroatoms. The Kier molecular flexibility index (Phi) is 5.26. The molecule has 0 aliphatic carbocycles. The number of hydrogen-bond acceptors (Lipinski definition) is 8. The molecule has 0 amide bonds. The Morgan fingerprint density at radius 1 is 1.06 bits per heavy atom. The van der Waals surface area contributed by atoms with E-state index in [0.717, 1.165) is 92.7 Å². The molecule has 1 N–H and O–H groups in total. The number of nitrogens with zero attached hydrogens (tertiary/aromatic N) is 6. The number of aromatic amines is 1. The zero-order valence-electron chi connectivity index (χ0n) is 18.3. The van der Waals surface area contributed by atoms with Crippen LogP contribution in [0.15, 0.2) is 30.5 Å². The van der Waals surface area contributed by atoms with Crippen molar-refractivity contribution in [2.24, 2.45) is 0 Å². The first-order valence-corrected chi connectivity index (χ1v) is 12.0. The maximum absolute atomic E-state index is 5.61. The summed E-state index contributed by atoms with van der Waals surface area (Å²) in [6, 6.07) is 8.42. The first-order valence-electron chi connectivity index (χ1n) is 11.2. The molecule has 4 aromatic rings. The van der Waals surface area contributed by atoms with Crippen LogP contribution in [0.4, 0.5) is 5.82 Å². The van der Waals surface area contributed by atoms with Crippen molar-refractivity contribution < 1.29 is 4.74 Å². The molecule has 2 aliphatic heterocycles. The van der Waals surface area contributed by atoms with E-state index in [1.165, 1.54) is 9.58 Å². The molecule has 3 aromatic heterocycles. The topological polar surface area (TPSA) is 73.4 Å². The molecule has 6 rings (SSSR count). The quantitative estimate of drug-likeness (QED) is 0.514. The summed E-state index contributed by atoms with van der Waals surface area (Å²) in [5.74, 6) is 1.79. The van der Waals surface area contributed by atoms with E-state index in [-0.39, 0.29) is 0 Å². The summed E-state index contributed by atoms with van der Waals surface area (Å²) in [5.41, 5.74) is 3.05. The van der Waals surface area contributed by atoms with E-state index < -0.39 is 0 Å². The molecule has 0 bridgehead atoms. The smallest absolute Gasteiger partial charge is 0.162 e. The molecule has 0 spiro atoms. The van der Waals surface area contributed by atoms with Crippen LogP contribution in [0.1, 0.15) is 4.88 Å². The van der Waals surface area contributed by atoms with Crippen LogP contribution in [0.2, 0.25) is 0 Å². The van der Waals surface area contributed by atoms with Gasteiger partial charge in [0.15, 0.2) is 11.6 Å². The van der Waals surface area contributed by atoms with Gasteiger partial charge >= 0.3 is 0 Å². The van der Waals surface area contributed by atoms with Crippen molar-refractivity contribution in [1.82, 2.24) is 30.0 Å². The number of H-pyrrole nitrogens is 1. The number of morpholine rings is 1. The molecular weight excluding hydrogens is 422 g/mol. The van der Waals surface area contributed by atoms with Gasteiger partial charge in [-0.05, 0) is 19.2 Å². The summed E-state index contributed by atoms with van der Waals surface area (Å²) in [4.78, 5) is 18.8. The zero-order valence-corrected chi connectivity index (χ0v) is 19.1. The van der Waals surface area contributed by atoms with Crippen LogP contribution in [-0.4, -0.2) is 89.5 Å². The van der Waals surface area contributed by atoms with Gasteiger partial charge in [-0.15, -0.1) is 11.3 Å². The van der Waals surface area contributed by atoms with Crippen molar-refractivity contribution in [3.63, 3.8) is 0 Å². The maximum Gasteiger partial charge on any atom is 0.162 e. The van der Waals surface area contributed by atoms with E-state index >= 15 is 0 Å². The Morgan fingerprint density at radius 3 is 2.75 bits per heavy atom. The number of thiophene rings is 1. The summed E-state index contributed by atoms with van der Waals surface area (Å²) in [6.07, 6.45) is 1.86. The van der Waals surface area contributed by atoms with Crippen LogP contribution in [-0.2, 0) is 11.3 Å². The van der Waals surface area contributed by atoms with Gasteiger partial charge in [0.1, 0.15) is 0 Å². The second-order valence-electron chi connectivity index (χ2n) is 8.61. The lowest BCUT2D eigenvalue weighted by Crippen LogP contribution is -2.43. The molecule has 0 radical (unpaired) electrons. The molecule has 8 nitrogen and oxygen atoms in total. The lowest BCUT2D eigenvalue weighted by molar-refractivity contribution is 0.122. The number of rotatable bonds is 4.